The highest BCUT2D eigenvalue weighted by Crippen LogP contribution is 2.35. The Kier molecular flexibility index (Phi) is 5.92. The molecule has 2 aromatic rings. The zero-order chi connectivity index (χ0) is 22.8. The quantitative estimate of drug-likeness (QED) is 0.679. The second-order valence-electron chi connectivity index (χ2n) is 8.73. The average Bonchev–Trinajstić information content (AvgIpc) is 3.04. The Balaban J connectivity index is 1.78. The van der Waals surface area contributed by atoms with Crippen molar-refractivity contribution in [2.75, 3.05) is 4.90 Å². The molecule has 0 heterocycles. The van der Waals surface area contributed by atoms with Gasteiger partial charge in [0, 0.05) is 24.1 Å². The van der Waals surface area contributed by atoms with Gasteiger partial charge in [0.05, 0.1) is 0 Å². The van der Waals surface area contributed by atoms with E-state index in [1.165, 1.54) is 4.90 Å². The maximum Gasteiger partial charge on any atom is 0.412 e. The Morgan fingerprint density at radius 1 is 1.10 bits per heavy atom. The minimum Gasteiger partial charge on any atom is -0.465 e. The molecule has 2 aromatic carbocycles. The van der Waals surface area contributed by atoms with Crippen LogP contribution in [0.4, 0.5) is 15.3 Å². The van der Waals surface area contributed by atoms with Crippen molar-refractivity contribution in [3.63, 3.8) is 0 Å². The number of hydrogen-bond acceptors (Lipinski definition) is 4. The van der Waals surface area contributed by atoms with Crippen LogP contribution in [0.2, 0.25) is 0 Å². The van der Waals surface area contributed by atoms with Crippen LogP contribution in [0, 0.1) is 0 Å². The van der Waals surface area contributed by atoms with E-state index < -0.39 is 29.2 Å². The molecule has 1 aliphatic rings. The fraction of sp³-hybridized carbons (Fsp3) is 0.348. The van der Waals surface area contributed by atoms with Crippen molar-refractivity contribution in [2.24, 2.45) is 5.73 Å². The molecule has 0 aliphatic heterocycles. The van der Waals surface area contributed by atoms with E-state index >= 15 is 0 Å². The molecule has 0 radical (unpaired) electrons. The van der Waals surface area contributed by atoms with Gasteiger partial charge >= 0.3 is 12.2 Å². The molecule has 3 rings (SSSR count). The molecule has 8 nitrogen and oxygen atoms in total. The first kappa shape index (κ1) is 22.1. The van der Waals surface area contributed by atoms with Crippen molar-refractivity contribution in [2.45, 2.75) is 51.3 Å². The molecule has 0 saturated carbocycles. The van der Waals surface area contributed by atoms with Crippen LogP contribution < -0.4 is 16.0 Å². The molecule has 1 atom stereocenters. The summed E-state index contributed by atoms with van der Waals surface area (Å²) in [5, 5.41) is 12.3. The number of amides is 3. The summed E-state index contributed by atoms with van der Waals surface area (Å²) in [5.41, 5.74) is 6.58. The van der Waals surface area contributed by atoms with Crippen LogP contribution in [0.25, 0.3) is 0 Å². The number of carboxylic acid groups (broad SMARTS) is 1. The van der Waals surface area contributed by atoms with Gasteiger partial charge in [0.15, 0.2) is 0 Å². The largest absolute Gasteiger partial charge is 0.465 e. The number of ether oxygens (including phenoxy) is 1. The average molecular weight is 425 g/mol. The molecular formula is C23H27N3O5. The Labute approximate surface area is 181 Å². The van der Waals surface area contributed by atoms with Crippen molar-refractivity contribution < 1.29 is 24.2 Å². The van der Waals surface area contributed by atoms with Crippen LogP contribution in [0.15, 0.2) is 48.5 Å². The normalized spacial score (nSPS) is 17.5. The zero-order valence-electron chi connectivity index (χ0n) is 17.8. The number of carbonyl (C=O) groups is 3. The van der Waals surface area contributed by atoms with Crippen molar-refractivity contribution in [3.8, 4) is 0 Å². The molecule has 1 unspecified atom stereocenters. The van der Waals surface area contributed by atoms with Crippen molar-refractivity contribution in [1.82, 2.24) is 5.32 Å². The molecule has 4 N–H and O–H groups in total. The van der Waals surface area contributed by atoms with Crippen LogP contribution in [0.1, 0.15) is 37.5 Å². The summed E-state index contributed by atoms with van der Waals surface area (Å²) >= 11 is 0. The standard InChI is InChI=1S/C23H27N3O5/c1-22(2,3)26(21(29)30)18-10-9-16-12-23(19(24)27,13-17(16)11-18)25-20(28)31-14-15-7-5-4-6-8-15/h4-11H,12-14H2,1-3H3,(H2,24,27)(H,25,28)(H,29,30). The van der Waals surface area contributed by atoms with Crippen LogP contribution in [0.3, 0.4) is 0 Å². The number of alkyl carbamates (subject to hydrolysis) is 1. The number of benzene rings is 2. The number of nitrogens with two attached hydrogens (primary N) is 1. The second-order valence-corrected chi connectivity index (χ2v) is 8.73. The lowest BCUT2D eigenvalue weighted by molar-refractivity contribution is -0.124. The summed E-state index contributed by atoms with van der Waals surface area (Å²) in [6, 6.07) is 14.4. The summed E-state index contributed by atoms with van der Waals surface area (Å²) in [6.45, 7) is 5.46. The summed E-state index contributed by atoms with van der Waals surface area (Å²) in [4.78, 5) is 37.8. The van der Waals surface area contributed by atoms with E-state index in [1.54, 1.807) is 39.0 Å². The molecule has 3 amide bonds. The third-order valence-electron chi connectivity index (χ3n) is 5.32. The molecule has 0 spiro atoms. The maximum absolute atomic E-state index is 12.4. The second kappa shape index (κ2) is 8.29. The fourth-order valence-corrected chi connectivity index (χ4v) is 3.86. The highest BCUT2D eigenvalue weighted by molar-refractivity contribution is 5.91. The Morgan fingerprint density at radius 2 is 1.74 bits per heavy atom. The van der Waals surface area contributed by atoms with Crippen LogP contribution >= 0.6 is 0 Å². The number of primary amides is 1. The molecule has 0 aromatic heterocycles. The van der Waals surface area contributed by atoms with E-state index in [0.29, 0.717) is 5.69 Å². The fourth-order valence-electron chi connectivity index (χ4n) is 3.86. The van der Waals surface area contributed by atoms with Gasteiger partial charge in [-0.05, 0) is 49.6 Å². The zero-order valence-corrected chi connectivity index (χ0v) is 17.8. The summed E-state index contributed by atoms with van der Waals surface area (Å²) in [6.07, 6.45) is -1.45. The number of anilines is 1. The van der Waals surface area contributed by atoms with Crippen LogP contribution in [0.5, 0.6) is 0 Å². The first-order chi connectivity index (χ1) is 14.5. The molecule has 31 heavy (non-hydrogen) atoms. The van der Waals surface area contributed by atoms with E-state index in [1.807, 2.05) is 30.3 Å². The number of rotatable bonds is 5. The Bertz CT molecular complexity index is 1000. The van der Waals surface area contributed by atoms with Gasteiger partial charge in [0.25, 0.3) is 0 Å². The minimum absolute atomic E-state index is 0.0672. The van der Waals surface area contributed by atoms with Crippen molar-refractivity contribution >= 4 is 23.8 Å². The molecule has 0 bridgehead atoms. The highest BCUT2D eigenvalue weighted by atomic mass is 16.5. The monoisotopic (exact) mass is 425 g/mol. The number of fused-ring (bicyclic) bond motifs is 1. The number of nitrogens with zero attached hydrogens (tertiary/aromatic N) is 1. The maximum atomic E-state index is 12.4. The molecule has 0 fully saturated rings. The van der Waals surface area contributed by atoms with E-state index in [2.05, 4.69) is 5.32 Å². The molecule has 0 saturated heterocycles. The smallest absolute Gasteiger partial charge is 0.412 e. The Hall–Kier alpha value is -3.55. The topological polar surface area (TPSA) is 122 Å². The number of carbonyl (C=O) groups excluding carboxylic acids is 2. The lowest BCUT2D eigenvalue weighted by Gasteiger charge is -2.33. The number of hydrogen-bond donors (Lipinski definition) is 3. The van der Waals surface area contributed by atoms with Gasteiger partial charge in [-0.15, -0.1) is 0 Å². The van der Waals surface area contributed by atoms with E-state index in [-0.39, 0.29) is 19.4 Å². The van der Waals surface area contributed by atoms with E-state index in [9.17, 15) is 19.5 Å². The molecule has 1 aliphatic carbocycles. The summed E-state index contributed by atoms with van der Waals surface area (Å²) in [5.74, 6) is -0.673. The predicted molar refractivity (Wildman–Crippen MR) is 116 cm³/mol. The number of nitrogens with one attached hydrogen (secondary N) is 1. The first-order valence-electron chi connectivity index (χ1n) is 9.95. The minimum atomic E-state index is -1.33. The summed E-state index contributed by atoms with van der Waals surface area (Å²) < 4.78 is 5.26. The molecule has 8 heteroatoms. The van der Waals surface area contributed by atoms with Gasteiger partial charge in [-0.3, -0.25) is 9.69 Å². The van der Waals surface area contributed by atoms with Crippen LogP contribution in [-0.4, -0.2) is 34.3 Å². The van der Waals surface area contributed by atoms with Gasteiger partial charge in [0.2, 0.25) is 5.91 Å². The predicted octanol–water partition coefficient (Wildman–Crippen LogP) is 3.22. The van der Waals surface area contributed by atoms with Crippen molar-refractivity contribution in [1.29, 1.82) is 0 Å². The third kappa shape index (κ3) is 4.79. The highest BCUT2D eigenvalue weighted by Gasteiger charge is 2.44. The Morgan fingerprint density at radius 3 is 2.32 bits per heavy atom. The van der Waals surface area contributed by atoms with Gasteiger partial charge < -0.3 is 20.9 Å². The summed E-state index contributed by atoms with van der Waals surface area (Å²) in [7, 11) is 0. The van der Waals surface area contributed by atoms with Gasteiger partial charge in [-0.25, -0.2) is 9.59 Å². The van der Waals surface area contributed by atoms with Gasteiger partial charge in [-0.2, -0.15) is 0 Å². The van der Waals surface area contributed by atoms with Gasteiger partial charge in [0.1, 0.15) is 12.1 Å². The first-order valence-corrected chi connectivity index (χ1v) is 9.95. The van der Waals surface area contributed by atoms with Crippen LogP contribution in [-0.2, 0) is 29.0 Å². The third-order valence-corrected chi connectivity index (χ3v) is 5.32. The SMILES string of the molecule is CC(C)(C)N(C(=O)O)c1ccc2c(c1)CC(NC(=O)OCc1ccccc1)(C(N)=O)C2. The lowest BCUT2D eigenvalue weighted by atomic mass is 9.95. The molecule has 164 valence electrons. The van der Waals surface area contributed by atoms with Crippen molar-refractivity contribution in [3.05, 3.63) is 65.2 Å². The van der Waals surface area contributed by atoms with E-state index in [4.69, 9.17) is 10.5 Å². The molecular weight excluding hydrogens is 398 g/mol. The lowest BCUT2D eigenvalue weighted by Crippen LogP contribution is -2.58. The van der Waals surface area contributed by atoms with E-state index in [0.717, 1.165) is 16.7 Å². The van der Waals surface area contributed by atoms with Gasteiger partial charge in [-0.1, -0.05) is 36.4 Å².